The predicted molar refractivity (Wildman–Crippen MR) is 105 cm³/mol. The lowest BCUT2D eigenvalue weighted by Gasteiger charge is -2.52. The van der Waals surface area contributed by atoms with Gasteiger partial charge in [0.1, 0.15) is 17.3 Å². The van der Waals surface area contributed by atoms with Crippen LogP contribution in [0.5, 0.6) is 5.75 Å². The van der Waals surface area contributed by atoms with Gasteiger partial charge in [-0.1, -0.05) is 12.1 Å². The zero-order chi connectivity index (χ0) is 19.7. The fourth-order valence-electron chi connectivity index (χ4n) is 4.36. The molecule has 2 heterocycles. The van der Waals surface area contributed by atoms with Crippen molar-refractivity contribution in [1.82, 2.24) is 4.90 Å². The first-order valence-corrected chi connectivity index (χ1v) is 10.1. The lowest BCUT2D eigenvalue weighted by Crippen LogP contribution is -2.62. The summed E-state index contributed by atoms with van der Waals surface area (Å²) in [5.41, 5.74) is 0.158. The van der Waals surface area contributed by atoms with Gasteiger partial charge in [-0.25, -0.2) is 0 Å². The lowest BCUT2D eigenvalue weighted by molar-refractivity contribution is -0.200. The molecule has 5 nitrogen and oxygen atoms in total. The molecular formula is C22H33NO4. The Kier molecular flexibility index (Phi) is 5.94. The normalized spacial score (nSPS) is 22.7. The summed E-state index contributed by atoms with van der Waals surface area (Å²) in [5.74, 6) is 0.317. The number of hydrogen-bond acceptors (Lipinski definition) is 5. The second-order valence-electron chi connectivity index (χ2n) is 8.44. The molecule has 27 heavy (non-hydrogen) atoms. The summed E-state index contributed by atoms with van der Waals surface area (Å²) in [6, 6.07) is 7.55. The maximum absolute atomic E-state index is 13.5. The van der Waals surface area contributed by atoms with E-state index in [1.165, 1.54) is 0 Å². The maximum atomic E-state index is 13.5. The summed E-state index contributed by atoms with van der Waals surface area (Å²) in [4.78, 5) is 16.0. The molecule has 0 aromatic heterocycles. The third kappa shape index (κ3) is 3.91. The number of nitrogens with zero attached hydrogens (tertiary/aromatic N) is 1. The lowest BCUT2D eigenvalue weighted by atomic mass is 9.72. The van der Waals surface area contributed by atoms with E-state index >= 15 is 0 Å². The number of carbonyl (C=O) groups is 1. The highest BCUT2D eigenvalue weighted by molar-refractivity contribution is 6.02. The number of hydrogen-bond donors (Lipinski definition) is 0. The standard InChI is InChI=1S/C22H33NO4/c1-6-25-20(26-7-2)18-19(24)16-10-8-9-11-17(16)27-22(18)12-14-23(15-13-22)21(3,4)5/h8-11,18,20H,6-7,12-15H2,1-5H3. The summed E-state index contributed by atoms with van der Waals surface area (Å²) in [6.07, 6.45) is 0.985. The van der Waals surface area contributed by atoms with Crippen molar-refractivity contribution in [3.63, 3.8) is 0 Å². The number of benzene rings is 1. The van der Waals surface area contributed by atoms with Crippen molar-refractivity contribution in [3.05, 3.63) is 29.8 Å². The quantitative estimate of drug-likeness (QED) is 0.730. The highest BCUT2D eigenvalue weighted by Gasteiger charge is 2.55. The largest absolute Gasteiger partial charge is 0.485 e. The first-order valence-electron chi connectivity index (χ1n) is 10.1. The van der Waals surface area contributed by atoms with Crippen LogP contribution in [-0.2, 0) is 9.47 Å². The molecule has 3 rings (SSSR count). The van der Waals surface area contributed by atoms with Gasteiger partial charge in [0, 0.05) is 44.7 Å². The van der Waals surface area contributed by atoms with Gasteiger partial charge in [0.25, 0.3) is 0 Å². The number of piperidine rings is 1. The van der Waals surface area contributed by atoms with Crippen molar-refractivity contribution in [2.75, 3.05) is 26.3 Å². The van der Waals surface area contributed by atoms with Crippen LogP contribution in [0.4, 0.5) is 0 Å². The molecule has 1 atom stereocenters. The van der Waals surface area contributed by atoms with Gasteiger partial charge >= 0.3 is 0 Å². The van der Waals surface area contributed by atoms with E-state index < -0.39 is 17.8 Å². The molecule has 0 N–H and O–H groups in total. The number of ketones is 1. The predicted octanol–water partition coefficient (Wildman–Crippen LogP) is 3.91. The van der Waals surface area contributed by atoms with Crippen molar-refractivity contribution in [1.29, 1.82) is 0 Å². The fourth-order valence-corrected chi connectivity index (χ4v) is 4.36. The van der Waals surface area contributed by atoms with Crippen molar-refractivity contribution >= 4 is 5.78 Å². The van der Waals surface area contributed by atoms with Gasteiger partial charge in [0.05, 0.1) is 5.56 Å². The molecule has 1 saturated heterocycles. The Morgan fingerprint density at radius 3 is 2.30 bits per heavy atom. The van der Waals surface area contributed by atoms with E-state index in [9.17, 15) is 4.79 Å². The average molecular weight is 376 g/mol. The zero-order valence-electron chi connectivity index (χ0n) is 17.3. The van der Waals surface area contributed by atoms with E-state index in [2.05, 4.69) is 25.7 Å². The Morgan fingerprint density at radius 2 is 1.74 bits per heavy atom. The minimum Gasteiger partial charge on any atom is -0.485 e. The smallest absolute Gasteiger partial charge is 0.178 e. The summed E-state index contributed by atoms with van der Waals surface area (Å²) in [5, 5.41) is 0. The molecule has 0 bridgehead atoms. The number of carbonyl (C=O) groups excluding carboxylic acids is 1. The SMILES string of the molecule is CCOC(OCC)C1C(=O)c2ccccc2OC12CCN(C(C)(C)C)CC2. The van der Waals surface area contributed by atoms with Crippen LogP contribution in [0.25, 0.3) is 0 Å². The van der Waals surface area contributed by atoms with Crippen molar-refractivity contribution in [2.45, 2.75) is 64.9 Å². The van der Waals surface area contributed by atoms with Crippen LogP contribution >= 0.6 is 0 Å². The van der Waals surface area contributed by atoms with E-state index in [4.69, 9.17) is 14.2 Å². The molecule has 5 heteroatoms. The highest BCUT2D eigenvalue weighted by atomic mass is 16.7. The first-order chi connectivity index (χ1) is 12.8. The average Bonchev–Trinajstić information content (AvgIpc) is 2.62. The minimum absolute atomic E-state index is 0.0768. The summed E-state index contributed by atoms with van der Waals surface area (Å²) < 4.78 is 18.4. The van der Waals surface area contributed by atoms with Gasteiger partial charge in [-0.2, -0.15) is 0 Å². The molecule has 1 aromatic rings. The maximum Gasteiger partial charge on any atom is 0.178 e. The van der Waals surface area contributed by atoms with E-state index in [1.54, 1.807) is 0 Å². The molecule has 0 radical (unpaired) electrons. The molecule has 0 amide bonds. The Morgan fingerprint density at radius 1 is 1.15 bits per heavy atom. The molecule has 0 aliphatic carbocycles. The third-order valence-corrected chi connectivity index (χ3v) is 5.81. The molecule has 1 fully saturated rings. The molecule has 2 aliphatic heterocycles. The van der Waals surface area contributed by atoms with Gasteiger partial charge in [-0.15, -0.1) is 0 Å². The number of rotatable bonds is 5. The number of Topliss-reactive ketones (excluding diaryl/α,β-unsaturated/α-hetero) is 1. The molecule has 1 unspecified atom stereocenters. The molecule has 1 spiro atoms. The van der Waals surface area contributed by atoms with Crippen LogP contribution < -0.4 is 4.74 Å². The topological polar surface area (TPSA) is 48.0 Å². The Bertz CT molecular complexity index is 653. The number of fused-ring (bicyclic) bond motifs is 1. The highest BCUT2D eigenvalue weighted by Crippen LogP contribution is 2.45. The van der Waals surface area contributed by atoms with Gasteiger partial charge < -0.3 is 14.2 Å². The second kappa shape index (κ2) is 7.90. The zero-order valence-corrected chi connectivity index (χ0v) is 17.3. The Balaban J connectivity index is 1.97. The van der Waals surface area contributed by atoms with E-state index in [-0.39, 0.29) is 11.3 Å². The van der Waals surface area contributed by atoms with Crippen LogP contribution in [0.1, 0.15) is 57.8 Å². The van der Waals surface area contributed by atoms with Crippen molar-refractivity contribution in [2.24, 2.45) is 5.92 Å². The molecule has 2 aliphatic rings. The summed E-state index contributed by atoms with van der Waals surface area (Å²) >= 11 is 0. The van der Waals surface area contributed by atoms with Gasteiger partial charge in [0.15, 0.2) is 12.1 Å². The number of para-hydroxylation sites is 1. The van der Waals surface area contributed by atoms with Crippen LogP contribution in [0.15, 0.2) is 24.3 Å². The van der Waals surface area contributed by atoms with Crippen LogP contribution in [-0.4, -0.2) is 54.4 Å². The number of ether oxygens (including phenoxy) is 3. The van der Waals surface area contributed by atoms with Crippen molar-refractivity contribution in [3.8, 4) is 5.75 Å². The fraction of sp³-hybridized carbons (Fsp3) is 0.682. The van der Waals surface area contributed by atoms with Crippen LogP contribution in [0, 0.1) is 5.92 Å². The van der Waals surface area contributed by atoms with Gasteiger partial charge in [-0.3, -0.25) is 9.69 Å². The number of likely N-dealkylation sites (tertiary alicyclic amines) is 1. The molecule has 0 saturated carbocycles. The summed E-state index contributed by atoms with van der Waals surface area (Å²) in [6.45, 7) is 13.3. The third-order valence-electron chi connectivity index (χ3n) is 5.81. The van der Waals surface area contributed by atoms with Crippen LogP contribution in [0.2, 0.25) is 0 Å². The van der Waals surface area contributed by atoms with Crippen LogP contribution in [0.3, 0.4) is 0 Å². The monoisotopic (exact) mass is 375 g/mol. The van der Waals surface area contributed by atoms with Gasteiger partial charge in [-0.05, 0) is 46.8 Å². The first kappa shape index (κ1) is 20.3. The van der Waals surface area contributed by atoms with E-state index in [1.807, 2.05) is 38.1 Å². The minimum atomic E-state index is -0.581. The second-order valence-corrected chi connectivity index (χ2v) is 8.44. The molecular weight excluding hydrogens is 342 g/mol. The van der Waals surface area contributed by atoms with Crippen molar-refractivity contribution < 1.29 is 19.0 Å². The van der Waals surface area contributed by atoms with Gasteiger partial charge in [0.2, 0.25) is 0 Å². The Labute approximate surface area is 163 Å². The molecule has 1 aromatic carbocycles. The Hall–Kier alpha value is -1.43. The summed E-state index contributed by atoms with van der Waals surface area (Å²) in [7, 11) is 0. The van der Waals surface area contributed by atoms with E-state index in [0.717, 1.165) is 25.9 Å². The molecule has 150 valence electrons. The van der Waals surface area contributed by atoms with E-state index in [0.29, 0.717) is 24.5 Å².